The van der Waals surface area contributed by atoms with Crippen LogP contribution in [-0.2, 0) is 19.9 Å². The zero-order valence-corrected chi connectivity index (χ0v) is 19.2. The lowest BCUT2D eigenvalue weighted by atomic mass is 9.91. The van der Waals surface area contributed by atoms with Gasteiger partial charge in [0, 0.05) is 43.6 Å². The zero-order valence-electron chi connectivity index (χ0n) is 19.2. The van der Waals surface area contributed by atoms with Gasteiger partial charge in [0.25, 0.3) is 5.95 Å². The highest BCUT2D eigenvalue weighted by Gasteiger charge is 2.27. The molecule has 8 nitrogen and oxygen atoms in total. The number of rotatable bonds is 7. The molecule has 0 fully saturated rings. The van der Waals surface area contributed by atoms with Gasteiger partial charge in [0.05, 0.1) is 23.6 Å². The Balaban J connectivity index is 1.64. The molecule has 1 aliphatic carbocycles. The second-order valence-corrected chi connectivity index (χ2v) is 8.41. The van der Waals surface area contributed by atoms with Crippen molar-refractivity contribution in [3.63, 3.8) is 0 Å². The summed E-state index contributed by atoms with van der Waals surface area (Å²) >= 11 is 0. The fourth-order valence-corrected chi connectivity index (χ4v) is 3.91. The van der Waals surface area contributed by atoms with E-state index in [-0.39, 0.29) is 0 Å². The minimum Gasteiger partial charge on any atom is -0.387 e. The number of aryl methyl sites for hydroxylation is 4. The molecule has 1 aromatic carbocycles. The quantitative estimate of drug-likeness (QED) is 0.459. The van der Waals surface area contributed by atoms with Gasteiger partial charge in [-0.3, -0.25) is 9.67 Å². The van der Waals surface area contributed by atoms with E-state index in [0.717, 1.165) is 59.7 Å². The van der Waals surface area contributed by atoms with Gasteiger partial charge in [-0.05, 0) is 45.5 Å². The summed E-state index contributed by atoms with van der Waals surface area (Å²) in [5.41, 5.74) is 13.7. The van der Waals surface area contributed by atoms with Crippen molar-refractivity contribution in [2.45, 2.75) is 26.2 Å². The smallest absolute Gasteiger partial charge is 0.251 e. The summed E-state index contributed by atoms with van der Waals surface area (Å²) in [4.78, 5) is 20.1. The van der Waals surface area contributed by atoms with E-state index in [9.17, 15) is 0 Å². The van der Waals surface area contributed by atoms with Crippen LogP contribution >= 0.6 is 0 Å². The van der Waals surface area contributed by atoms with E-state index in [1.54, 1.807) is 6.21 Å². The van der Waals surface area contributed by atoms with Crippen molar-refractivity contribution < 1.29 is 0 Å². The summed E-state index contributed by atoms with van der Waals surface area (Å²) in [5, 5.41) is 4.79. The second-order valence-electron chi connectivity index (χ2n) is 8.41. The van der Waals surface area contributed by atoms with Crippen molar-refractivity contribution in [2.24, 2.45) is 22.8 Å². The number of hydrogen-bond donors (Lipinski definition) is 1. The van der Waals surface area contributed by atoms with E-state index in [1.807, 2.05) is 32.0 Å². The van der Waals surface area contributed by atoms with Crippen LogP contribution in [0.5, 0.6) is 0 Å². The van der Waals surface area contributed by atoms with Gasteiger partial charge in [-0.15, -0.1) is 0 Å². The summed E-state index contributed by atoms with van der Waals surface area (Å²) in [6.45, 7) is 3.74. The number of amidine groups is 1. The Morgan fingerprint density at radius 2 is 2.12 bits per heavy atom. The number of nitrogens with zero attached hydrogens (tertiary/aromatic N) is 7. The van der Waals surface area contributed by atoms with E-state index in [0.29, 0.717) is 18.2 Å². The lowest BCUT2D eigenvalue weighted by Crippen LogP contribution is -2.16. The van der Waals surface area contributed by atoms with Crippen molar-refractivity contribution in [1.82, 2.24) is 24.6 Å². The first-order chi connectivity index (χ1) is 15.4. The Morgan fingerprint density at radius 3 is 2.91 bits per heavy atom. The zero-order chi connectivity index (χ0) is 22.7. The van der Waals surface area contributed by atoms with Crippen molar-refractivity contribution in [2.75, 3.05) is 27.2 Å². The summed E-state index contributed by atoms with van der Waals surface area (Å²) in [5.74, 6) is 0.814. The van der Waals surface area contributed by atoms with Crippen LogP contribution in [0.3, 0.4) is 0 Å². The molecule has 0 aliphatic heterocycles. The minimum absolute atomic E-state index is 0.370. The topological polar surface area (TPSA) is 97.6 Å². The molecule has 0 unspecified atom stereocenters. The van der Waals surface area contributed by atoms with E-state index in [1.165, 1.54) is 5.56 Å². The third-order valence-electron chi connectivity index (χ3n) is 5.48. The molecule has 2 heterocycles. The van der Waals surface area contributed by atoms with Crippen molar-refractivity contribution in [3.05, 3.63) is 47.3 Å². The van der Waals surface area contributed by atoms with Gasteiger partial charge in [-0.2, -0.15) is 10.1 Å². The number of nitrogens with two attached hydrogens (primary N) is 1. The van der Waals surface area contributed by atoms with Crippen LogP contribution in [0.15, 0.2) is 40.4 Å². The molecule has 0 saturated heterocycles. The number of aromatic nitrogens is 4. The van der Waals surface area contributed by atoms with Gasteiger partial charge in [-0.25, -0.2) is 9.97 Å². The van der Waals surface area contributed by atoms with Crippen LogP contribution < -0.4 is 5.73 Å². The van der Waals surface area contributed by atoms with Gasteiger partial charge in [0.15, 0.2) is 0 Å². The maximum atomic E-state index is 6.11. The Kier molecular flexibility index (Phi) is 6.41. The van der Waals surface area contributed by atoms with Crippen LogP contribution in [-0.4, -0.2) is 63.9 Å². The largest absolute Gasteiger partial charge is 0.387 e. The maximum Gasteiger partial charge on any atom is 0.251 e. The molecule has 2 N–H and O–H groups in total. The maximum absolute atomic E-state index is 6.11. The molecule has 1 aliphatic rings. The molecule has 8 heteroatoms. The van der Waals surface area contributed by atoms with Crippen LogP contribution in [0.2, 0.25) is 0 Å². The number of likely N-dealkylation sites (N-methyl/N-ethyl adjacent to an activating group) is 1. The van der Waals surface area contributed by atoms with E-state index in [4.69, 9.17) is 15.8 Å². The van der Waals surface area contributed by atoms with Crippen LogP contribution in [0, 0.1) is 6.92 Å². The summed E-state index contributed by atoms with van der Waals surface area (Å²) < 4.78 is 1.96. The van der Waals surface area contributed by atoms with Crippen molar-refractivity contribution >= 4 is 18.0 Å². The van der Waals surface area contributed by atoms with Crippen LogP contribution in [0.1, 0.15) is 23.2 Å². The second kappa shape index (κ2) is 9.40. The Labute approximate surface area is 188 Å². The predicted octanol–water partition coefficient (Wildman–Crippen LogP) is 2.96. The van der Waals surface area contributed by atoms with Gasteiger partial charge in [0.2, 0.25) is 0 Å². The minimum atomic E-state index is 0.370. The van der Waals surface area contributed by atoms with E-state index in [2.05, 4.69) is 51.1 Å². The number of aliphatic imine (C=N–C) groups is 2. The monoisotopic (exact) mass is 430 g/mol. The summed E-state index contributed by atoms with van der Waals surface area (Å²) in [7, 11) is 6.04. The first-order valence-electron chi connectivity index (χ1n) is 10.9. The van der Waals surface area contributed by atoms with Gasteiger partial charge >= 0.3 is 0 Å². The Hall–Kier alpha value is -3.39. The predicted molar refractivity (Wildman–Crippen MR) is 130 cm³/mol. The van der Waals surface area contributed by atoms with Crippen LogP contribution in [0.4, 0.5) is 5.95 Å². The first-order valence-corrected chi connectivity index (χ1v) is 10.9. The molecule has 166 valence electrons. The molecule has 0 amide bonds. The molecule has 0 spiro atoms. The molecule has 3 aromatic rings. The molecule has 4 rings (SSSR count). The van der Waals surface area contributed by atoms with E-state index < -0.39 is 0 Å². The highest BCUT2D eigenvalue weighted by atomic mass is 15.3. The van der Waals surface area contributed by atoms with Crippen molar-refractivity contribution in [1.29, 1.82) is 0 Å². The normalized spacial score (nSPS) is 13.6. The summed E-state index contributed by atoms with van der Waals surface area (Å²) in [6, 6.07) is 8.47. The first kappa shape index (κ1) is 21.8. The van der Waals surface area contributed by atoms with Crippen molar-refractivity contribution in [3.8, 4) is 22.5 Å². The Morgan fingerprint density at radius 1 is 1.28 bits per heavy atom. The molecular weight excluding hydrogens is 400 g/mol. The highest BCUT2D eigenvalue weighted by molar-refractivity contribution is 5.94. The fraction of sp³-hybridized carbons (Fsp3) is 0.375. The average Bonchev–Trinajstić information content (AvgIpc) is 3.09. The highest BCUT2D eigenvalue weighted by Crippen LogP contribution is 2.39. The molecule has 2 aromatic heterocycles. The van der Waals surface area contributed by atoms with Gasteiger partial charge < -0.3 is 10.6 Å². The standard InChI is InChI=1S/C24H30N8/c1-16-6-5-7-17(14-16)23-21-19(30-32(23)4)9-8-18-15-27-24(29-22(18)21)28-20(25)10-11-26-12-13-31(2)3/h5-7,11,14-15H,8-10,12-13H2,1-4H3,(H2,25,27,28,29). The fourth-order valence-electron chi connectivity index (χ4n) is 3.91. The van der Waals surface area contributed by atoms with Gasteiger partial charge in [-0.1, -0.05) is 23.8 Å². The third-order valence-corrected chi connectivity index (χ3v) is 5.48. The average molecular weight is 431 g/mol. The SMILES string of the molecule is Cc1cccc(-c2c3c(nn2C)CCc2cnc(N=C(N)CC=NCCN(C)C)nc2-3)c1. The molecule has 0 bridgehead atoms. The molecule has 0 atom stereocenters. The molecular formula is C24H30N8. The number of benzene rings is 1. The number of fused-ring (bicyclic) bond motifs is 3. The lowest BCUT2D eigenvalue weighted by molar-refractivity contribution is 0.421. The van der Waals surface area contributed by atoms with E-state index >= 15 is 0 Å². The molecule has 0 saturated carbocycles. The molecule has 32 heavy (non-hydrogen) atoms. The third kappa shape index (κ3) is 4.75. The molecule has 0 radical (unpaired) electrons. The van der Waals surface area contributed by atoms with Crippen LogP contribution in [0.25, 0.3) is 22.5 Å². The Bertz CT molecular complexity index is 1170. The van der Waals surface area contributed by atoms with Gasteiger partial charge in [0.1, 0.15) is 5.84 Å². The lowest BCUT2D eigenvalue weighted by Gasteiger charge is -2.16. The number of hydrogen-bond acceptors (Lipinski definition) is 6. The summed E-state index contributed by atoms with van der Waals surface area (Å²) in [6.07, 6.45) is 5.88.